The molecule has 0 bridgehead atoms. The van der Waals surface area contributed by atoms with Gasteiger partial charge in [-0.1, -0.05) is 12.8 Å². The Kier molecular flexibility index (Phi) is 8.69. The SMILES string of the molecule is CC(C)N(C(=O)C(C#N)C(=O)CCCCCCC(=O)O)c1ccc2[nH]c(=S)sc2c1. The van der Waals surface area contributed by atoms with Gasteiger partial charge in [0.15, 0.2) is 15.7 Å². The fraction of sp³-hybridized carbons (Fsp3) is 0.476. The number of fused-ring (bicyclic) bond motifs is 1. The highest BCUT2D eigenvalue weighted by Gasteiger charge is 2.32. The zero-order valence-electron chi connectivity index (χ0n) is 17.0. The second kappa shape index (κ2) is 11.0. The Morgan fingerprint density at radius 1 is 1.20 bits per heavy atom. The predicted octanol–water partition coefficient (Wildman–Crippen LogP) is 4.83. The Morgan fingerprint density at radius 2 is 1.87 bits per heavy atom. The number of Topliss-reactive ketones (excluding diaryl/α,β-unsaturated/α-hetero) is 1. The Bertz CT molecular complexity index is 1020. The summed E-state index contributed by atoms with van der Waals surface area (Å²) >= 11 is 6.56. The smallest absolute Gasteiger partial charge is 0.303 e. The van der Waals surface area contributed by atoms with E-state index in [1.165, 1.54) is 16.2 Å². The van der Waals surface area contributed by atoms with Crippen molar-refractivity contribution in [2.75, 3.05) is 4.90 Å². The number of carboxylic acids is 1. The number of H-pyrrole nitrogens is 1. The Hall–Kier alpha value is -2.57. The molecule has 1 aromatic heterocycles. The first-order valence-corrected chi connectivity index (χ1v) is 11.1. The van der Waals surface area contributed by atoms with E-state index in [1.807, 2.05) is 32.0 Å². The first-order chi connectivity index (χ1) is 14.2. The molecule has 9 heteroatoms. The lowest BCUT2D eigenvalue weighted by atomic mass is 9.97. The van der Waals surface area contributed by atoms with E-state index in [0.717, 1.165) is 10.2 Å². The molecule has 0 spiro atoms. The van der Waals surface area contributed by atoms with E-state index in [1.54, 1.807) is 6.07 Å². The third-order valence-corrected chi connectivity index (χ3v) is 5.90. The van der Waals surface area contributed by atoms with E-state index >= 15 is 0 Å². The van der Waals surface area contributed by atoms with Crippen LogP contribution in [-0.2, 0) is 14.4 Å². The average molecular weight is 448 g/mol. The van der Waals surface area contributed by atoms with Gasteiger partial charge in [0.25, 0.3) is 5.91 Å². The lowest BCUT2D eigenvalue weighted by Crippen LogP contribution is -2.43. The third-order valence-electron chi connectivity index (χ3n) is 4.70. The number of thiazole rings is 1. The number of nitriles is 1. The van der Waals surface area contributed by atoms with Gasteiger partial charge in [0.2, 0.25) is 0 Å². The van der Waals surface area contributed by atoms with Gasteiger partial charge in [-0.3, -0.25) is 14.4 Å². The quantitative estimate of drug-likeness (QED) is 0.289. The summed E-state index contributed by atoms with van der Waals surface area (Å²) in [5.74, 6) is -3.12. The maximum Gasteiger partial charge on any atom is 0.303 e. The van der Waals surface area contributed by atoms with Crippen molar-refractivity contribution in [1.82, 2.24) is 4.98 Å². The number of nitrogens with one attached hydrogen (secondary N) is 1. The van der Waals surface area contributed by atoms with Gasteiger partial charge in [-0.25, -0.2) is 0 Å². The van der Waals surface area contributed by atoms with Crippen LogP contribution in [0.1, 0.15) is 52.4 Å². The maximum atomic E-state index is 13.1. The third kappa shape index (κ3) is 6.21. The first kappa shape index (κ1) is 23.7. The molecule has 1 amide bonds. The molecule has 1 unspecified atom stereocenters. The molecule has 1 aromatic carbocycles. The molecule has 7 nitrogen and oxygen atoms in total. The van der Waals surface area contributed by atoms with Crippen LogP contribution in [0, 0.1) is 21.2 Å². The molecule has 30 heavy (non-hydrogen) atoms. The number of carbonyl (C=O) groups is 3. The highest BCUT2D eigenvalue weighted by atomic mass is 32.1. The molecule has 0 saturated carbocycles. The minimum atomic E-state index is -1.36. The summed E-state index contributed by atoms with van der Waals surface area (Å²) in [5, 5.41) is 18.2. The van der Waals surface area contributed by atoms with Crippen LogP contribution < -0.4 is 4.90 Å². The van der Waals surface area contributed by atoms with Gasteiger partial charge in [-0.05, 0) is 57.1 Å². The number of benzene rings is 1. The summed E-state index contributed by atoms with van der Waals surface area (Å²) in [4.78, 5) is 40.7. The molecular formula is C21H25N3O4S2. The van der Waals surface area contributed by atoms with E-state index in [-0.39, 0.29) is 18.9 Å². The highest BCUT2D eigenvalue weighted by molar-refractivity contribution is 7.73. The zero-order chi connectivity index (χ0) is 22.3. The number of carboxylic acid groups (broad SMARTS) is 1. The second-order valence-electron chi connectivity index (χ2n) is 7.33. The van der Waals surface area contributed by atoms with Crippen molar-refractivity contribution in [2.45, 2.75) is 58.4 Å². The minimum absolute atomic E-state index is 0.107. The lowest BCUT2D eigenvalue weighted by molar-refractivity contribution is -0.137. The van der Waals surface area contributed by atoms with Crippen LogP contribution in [-0.4, -0.2) is 33.8 Å². The van der Waals surface area contributed by atoms with Crippen molar-refractivity contribution in [3.63, 3.8) is 0 Å². The van der Waals surface area contributed by atoms with Gasteiger partial charge in [0, 0.05) is 24.6 Å². The summed E-state index contributed by atoms with van der Waals surface area (Å²) in [7, 11) is 0. The Morgan fingerprint density at radius 3 is 2.47 bits per heavy atom. The monoisotopic (exact) mass is 447 g/mol. The average Bonchev–Trinajstić information content (AvgIpc) is 3.04. The van der Waals surface area contributed by atoms with Crippen LogP contribution in [0.4, 0.5) is 5.69 Å². The molecule has 1 heterocycles. The largest absolute Gasteiger partial charge is 0.481 e. The van der Waals surface area contributed by atoms with Gasteiger partial charge in [0.1, 0.15) is 0 Å². The molecule has 2 rings (SSSR count). The molecule has 2 aromatic rings. The number of amides is 1. The fourth-order valence-electron chi connectivity index (χ4n) is 3.24. The number of nitrogens with zero attached hydrogens (tertiary/aromatic N) is 2. The number of ketones is 1. The van der Waals surface area contributed by atoms with Crippen LogP contribution in [0.15, 0.2) is 18.2 Å². The molecule has 0 saturated heterocycles. The number of hydrogen-bond acceptors (Lipinski definition) is 6. The predicted molar refractivity (Wildman–Crippen MR) is 119 cm³/mol. The molecule has 2 N–H and O–H groups in total. The number of carbonyl (C=O) groups excluding carboxylic acids is 2. The van der Waals surface area contributed by atoms with Crippen molar-refractivity contribution in [1.29, 1.82) is 5.26 Å². The number of aromatic nitrogens is 1. The highest BCUT2D eigenvalue weighted by Crippen LogP contribution is 2.28. The normalized spacial score (nSPS) is 11.9. The van der Waals surface area contributed by atoms with Crippen LogP contribution in [0.25, 0.3) is 10.2 Å². The van der Waals surface area contributed by atoms with E-state index in [4.69, 9.17) is 17.3 Å². The summed E-state index contributed by atoms with van der Waals surface area (Å²) in [6.45, 7) is 3.67. The van der Waals surface area contributed by atoms with Crippen LogP contribution in [0.2, 0.25) is 0 Å². The molecular weight excluding hydrogens is 422 g/mol. The first-order valence-electron chi connectivity index (χ1n) is 9.84. The molecule has 0 aliphatic heterocycles. The van der Waals surface area contributed by atoms with Gasteiger partial charge < -0.3 is 15.0 Å². The molecule has 0 aliphatic carbocycles. The van der Waals surface area contributed by atoms with Crippen molar-refractivity contribution in [2.24, 2.45) is 5.92 Å². The van der Waals surface area contributed by atoms with E-state index in [2.05, 4.69) is 4.98 Å². The summed E-state index contributed by atoms with van der Waals surface area (Å²) in [6, 6.07) is 7.09. The van der Waals surface area contributed by atoms with Gasteiger partial charge in [-0.2, -0.15) is 5.26 Å². The number of aliphatic carboxylic acids is 1. The van der Waals surface area contributed by atoms with Crippen LogP contribution >= 0.6 is 23.6 Å². The Labute approximate surface area is 184 Å². The van der Waals surface area contributed by atoms with E-state index in [0.29, 0.717) is 35.3 Å². The van der Waals surface area contributed by atoms with Crippen LogP contribution in [0.5, 0.6) is 0 Å². The number of hydrogen-bond donors (Lipinski definition) is 2. The van der Waals surface area contributed by atoms with Crippen molar-refractivity contribution in [3.8, 4) is 6.07 Å². The van der Waals surface area contributed by atoms with Gasteiger partial charge >= 0.3 is 5.97 Å². The van der Waals surface area contributed by atoms with Gasteiger partial charge in [0.05, 0.1) is 16.3 Å². The fourth-order valence-corrected chi connectivity index (χ4v) is 4.39. The number of unbranched alkanes of at least 4 members (excludes halogenated alkanes) is 3. The zero-order valence-corrected chi connectivity index (χ0v) is 18.6. The van der Waals surface area contributed by atoms with Crippen LogP contribution in [0.3, 0.4) is 0 Å². The Balaban J connectivity index is 2.07. The standard InChI is InChI=1S/C21H25N3O4S2/c1-13(2)24(14-9-10-16-18(11-14)30-21(29)23-16)20(28)15(12-22)17(25)7-5-3-4-6-8-19(26)27/h9-11,13,15H,3-8H2,1-2H3,(H,23,29)(H,26,27). The number of rotatable bonds is 11. The van der Waals surface area contributed by atoms with E-state index in [9.17, 15) is 19.6 Å². The second-order valence-corrected chi connectivity index (χ2v) is 9.05. The maximum absolute atomic E-state index is 13.1. The molecule has 160 valence electrons. The molecule has 0 fully saturated rings. The van der Waals surface area contributed by atoms with Crippen molar-refractivity contribution in [3.05, 3.63) is 22.2 Å². The molecule has 0 radical (unpaired) electrons. The molecule has 0 aliphatic rings. The summed E-state index contributed by atoms with van der Waals surface area (Å²) in [5.41, 5.74) is 1.50. The molecule has 1 atom stereocenters. The van der Waals surface area contributed by atoms with Crippen molar-refractivity contribution >= 4 is 57.1 Å². The van der Waals surface area contributed by atoms with Crippen molar-refractivity contribution < 1.29 is 19.5 Å². The minimum Gasteiger partial charge on any atom is -0.481 e. The number of aromatic amines is 1. The number of anilines is 1. The summed E-state index contributed by atoms with van der Waals surface area (Å²) in [6.07, 6.45) is 2.71. The summed E-state index contributed by atoms with van der Waals surface area (Å²) < 4.78 is 1.54. The van der Waals surface area contributed by atoms with E-state index < -0.39 is 23.6 Å². The topological polar surface area (TPSA) is 114 Å². The van der Waals surface area contributed by atoms with Gasteiger partial charge in [-0.15, -0.1) is 11.3 Å². The lowest BCUT2D eigenvalue weighted by Gasteiger charge is -2.28.